The SMILES string of the molecule is CC(=O)c1c(C)nn(CC(=O)Nc2c(-c3ccccc3)cnn2C)c1C. The second kappa shape index (κ2) is 6.95. The molecule has 0 atom stereocenters. The van der Waals surface area contributed by atoms with Crippen LogP contribution >= 0.6 is 0 Å². The van der Waals surface area contributed by atoms with Crippen molar-refractivity contribution in [2.24, 2.45) is 7.05 Å². The fourth-order valence-electron chi connectivity index (χ4n) is 3.08. The smallest absolute Gasteiger partial charge is 0.247 e. The molecule has 3 aromatic rings. The highest BCUT2D eigenvalue weighted by Crippen LogP contribution is 2.27. The van der Waals surface area contributed by atoms with E-state index in [2.05, 4.69) is 15.5 Å². The number of carbonyl (C=O) groups excluding carboxylic acids is 2. The van der Waals surface area contributed by atoms with E-state index in [1.165, 1.54) is 6.92 Å². The van der Waals surface area contributed by atoms with Crippen LogP contribution in [0.3, 0.4) is 0 Å². The molecule has 2 aromatic heterocycles. The third kappa shape index (κ3) is 3.28. The predicted molar refractivity (Wildman–Crippen MR) is 99.0 cm³/mol. The average molecular weight is 351 g/mol. The van der Waals surface area contributed by atoms with Gasteiger partial charge in [-0.3, -0.25) is 19.0 Å². The van der Waals surface area contributed by atoms with Gasteiger partial charge in [-0.25, -0.2) is 0 Å². The van der Waals surface area contributed by atoms with Crippen LogP contribution in [0.15, 0.2) is 36.5 Å². The summed E-state index contributed by atoms with van der Waals surface area (Å²) in [5, 5.41) is 11.5. The highest BCUT2D eigenvalue weighted by molar-refractivity contribution is 5.97. The number of ketones is 1. The van der Waals surface area contributed by atoms with E-state index in [-0.39, 0.29) is 18.2 Å². The molecule has 3 rings (SSSR count). The number of nitrogens with zero attached hydrogens (tertiary/aromatic N) is 4. The lowest BCUT2D eigenvalue weighted by molar-refractivity contribution is -0.117. The van der Waals surface area contributed by atoms with Gasteiger partial charge in [-0.05, 0) is 26.3 Å². The number of hydrogen-bond donors (Lipinski definition) is 1. The predicted octanol–water partition coefficient (Wildman–Crippen LogP) is 2.74. The van der Waals surface area contributed by atoms with Gasteiger partial charge in [0.1, 0.15) is 12.4 Å². The normalized spacial score (nSPS) is 10.8. The van der Waals surface area contributed by atoms with Crippen LogP contribution in [0.4, 0.5) is 5.82 Å². The van der Waals surface area contributed by atoms with Gasteiger partial charge in [0.05, 0.1) is 17.5 Å². The number of anilines is 1. The Kier molecular flexibility index (Phi) is 4.71. The summed E-state index contributed by atoms with van der Waals surface area (Å²) in [5.74, 6) is 0.339. The fraction of sp³-hybridized carbons (Fsp3) is 0.263. The number of amides is 1. The second-order valence-electron chi connectivity index (χ2n) is 6.20. The Morgan fingerprint density at radius 2 is 1.85 bits per heavy atom. The van der Waals surface area contributed by atoms with Crippen LogP contribution in [-0.2, 0) is 18.4 Å². The monoisotopic (exact) mass is 351 g/mol. The topological polar surface area (TPSA) is 81.8 Å². The lowest BCUT2D eigenvalue weighted by atomic mass is 10.1. The Bertz CT molecular complexity index is 969. The van der Waals surface area contributed by atoms with E-state index in [1.54, 1.807) is 36.5 Å². The zero-order valence-corrected chi connectivity index (χ0v) is 15.3. The molecular weight excluding hydrogens is 330 g/mol. The number of rotatable bonds is 5. The van der Waals surface area contributed by atoms with E-state index >= 15 is 0 Å². The second-order valence-corrected chi connectivity index (χ2v) is 6.20. The number of carbonyl (C=O) groups is 2. The van der Waals surface area contributed by atoms with Crippen molar-refractivity contribution in [3.8, 4) is 11.1 Å². The van der Waals surface area contributed by atoms with Crippen molar-refractivity contribution in [2.75, 3.05) is 5.32 Å². The van der Waals surface area contributed by atoms with Crippen LogP contribution in [0.2, 0.25) is 0 Å². The van der Waals surface area contributed by atoms with Crippen molar-refractivity contribution in [2.45, 2.75) is 27.3 Å². The van der Waals surface area contributed by atoms with Crippen molar-refractivity contribution in [3.05, 3.63) is 53.5 Å². The first-order valence-corrected chi connectivity index (χ1v) is 8.30. The van der Waals surface area contributed by atoms with Gasteiger partial charge in [-0.15, -0.1) is 0 Å². The molecule has 0 fully saturated rings. The van der Waals surface area contributed by atoms with Gasteiger partial charge in [-0.1, -0.05) is 30.3 Å². The molecule has 1 aromatic carbocycles. The summed E-state index contributed by atoms with van der Waals surface area (Å²) in [4.78, 5) is 24.3. The lowest BCUT2D eigenvalue weighted by Gasteiger charge is -2.10. The minimum atomic E-state index is -0.230. The molecule has 0 saturated heterocycles. The largest absolute Gasteiger partial charge is 0.309 e. The van der Waals surface area contributed by atoms with Crippen LogP contribution < -0.4 is 5.32 Å². The first-order chi connectivity index (χ1) is 12.4. The maximum atomic E-state index is 12.6. The van der Waals surface area contributed by atoms with E-state index in [0.29, 0.717) is 22.8 Å². The molecule has 1 N–H and O–H groups in total. The van der Waals surface area contributed by atoms with E-state index in [9.17, 15) is 9.59 Å². The van der Waals surface area contributed by atoms with Gasteiger partial charge < -0.3 is 5.32 Å². The van der Waals surface area contributed by atoms with Crippen LogP contribution in [-0.4, -0.2) is 31.3 Å². The molecule has 0 aliphatic rings. The maximum absolute atomic E-state index is 12.6. The van der Waals surface area contributed by atoms with Gasteiger partial charge >= 0.3 is 0 Å². The van der Waals surface area contributed by atoms with E-state index in [1.807, 2.05) is 30.3 Å². The fourth-order valence-corrected chi connectivity index (χ4v) is 3.08. The van der Waals surface area contributed by atoms with E-state index in [0.717, 1.165) is 11.1 Å². The van der Waals surface area contributed by atoms with Gasteiger partial charge in [0.25, 0.3) is 0 Å². The first kappa shape index (κ1) is 17.6. The minimum absolute atomic E-state index is 0.0271. The molecule has 134 valence electrons. The molecule has 26 heavy (non-hydrogen) atoms. The third-order valence-electron chi connectivity index (χ3n) is 4.31. The Morgan fingerprint density at radius 3 is 2.46 bits per heavy atom. The molecule has 0 spiro atoms. The summed E-state index contributed by atoms with van der Waals surface area (Å²) in [6.07, 6.45) is 1.72. The number of nitrogens with one attached hydrogen (secondary N) is 1. The van der Waals surface area contributed by atoms with Crippen molar-refractivity contribution >= 4 is 17.5 Å². The van der Waals surface area contributed by atoms with Crippen molar-refractivity contribution in [1.29, 1.82) is 0 Å². The average Bonchev–Trinajstić information content (AvgIpc) is 3.08. The number of aryl methyl sites for hydroxylation is 2. The number of Topliss-reactive ketones (excluding diaryl/α,β-unsaturated/α-hetero) is 1. The van der Waals surface area contributed by atoms with E-state index < -0.39 is 0 Å². The van der Waals surface area contributed by atoms with Gasteiger partial charge in [0, 0.05) is 18.3 Å². The summed E-state index contributed by atoms with van der Waals surface area (Å²) in [6.45, 7) is 5.10. The van der Waals surface area contributed by atoms with Crippen LogP contribution in [0, 0.1) is 13.8 Å². The van der Waals surface area contributed by atoms with E-state index in [4.69, 9.17) is 0 Å². The molecule has 0 saturated carbocycles. The molecule has 2 heterocycles. The number of benzene rings is 1. The quantitative estimate of drug-likeness (QED) is 0.717. The van der Waals surface area contributed by atoms with Crippen LogP contribution in [0.25, 0.3) is 11.1 Å². The van der Waals surface area contributed by atoms with Gasteiger partial charge in [0.2, 0.25) is 5.91 Å². The zero-order chi connectivity index (χ0) is 18.8. The van der Waals surface area contributed by atoms with Gasteiger partial charge in [-0.2, -0.15) is 10.2 Å². The third-order valence-corrected chi connectivity index (χ3v) is 4.31. The highest BCUT2D eigenvalue weighted by atomic mass is 16.2. The lowest BCUT2D eigenvalue weighted by Crippen LogP contribution is -2.22. The van der Waals surface area contributed by atoms with Gasteiger partial charge in [0.15, 0.2) is 5.78 Å². The summed E-state index contributed by atoms with van der Waals surface area (Å²) in [6, 6.07) is 9.74. The summed E-state index contributed by atoms with van der Waals surface area (Å²) in [7, 11) is 1.78. The molecule has 0 unspecified atom stereocenters. The molecule has 0 radical (unpaired) electrons. The Morgan fingerprint density at radius 1 is 1.15 bits per heavy atom. The summed E-state index contributed by atoms with van der Waals surface area (Å²) < 4.78 is 3.18. The molecular formula is C19H21N5O2. The molecule has 0 aliphatic heterocycles. The zero-order valence-electron chi connectivity index (χ0n) is 15.3. The summed E-state index contributed by atoms with van der Waals surface area (Å²) >= 11 is 0. The molecule has 7 nitrogen and oxygen atoms in total. The first-order valence-electron chi connectivity index (χ1n) is 8.30. The summed E-state index contributed by atoms with van der Waals surface area (Å²) in [5.41, 5.74) is 3.72. The highest BCUT2D eigenvalue weighted by Gasteiger charge is 2.18. The molecule has 1 amide bonds. The molecule has 0 bridgehead atoms. The van der Waals surface area contributed by atoms with Crippen molar-refractivity contribution in [1.82, 2.24) is 19.6 Å². The molecule has 0 aliphatic carbocycles. The molecule has 7 heteroatoms. The Labute approximate surface area is 151 Å². The Hall–Kier alpha value is -3.22. The van der Waals surface area contributed by atoms with Crippen molar-refractivity contribution in [3.63, 3.8) is 0 Å². The Balaban J connectivity index is 1.83. The van der Waals surface area contributed by atoms with Crippen molar-refractivity contribution < 1.29 is 9.59 Å². The number of aromatic nitrogens is 4. The van der Waals surface area contributed by atoms with Crippen LogP contribution in [0.1, 0.15) is 28.7 Å². The number of hydrogen-bond acceptors (Lipinski definition) is 4. The maximum Gasteiger partial charge on any atom is 0.247 e. The minimum Gasteiger partial charge on any atom is -0.309 e. The standard InChI is InChI=1S/C19H21N5O2/c1-12-18(14(3)25)13(2)24(22-12)11-17(26)21-19-16(10-20-23(19)4)15-8-6-5-7-9-15/h5-10H,11H2,1-4H3,(H,21,26). The van der Waals surface area contributed by atoms with Crippen LogP contribution in [0.5, 0.6) is 0 Å².